The number of hydrogen-bond acceptors (Lipinski definition) is 3. The second-order valence-corrected chi connectivity index (χ2v) is 5.70. The SMILES string of the molecule is CC(C)CC(=O)NCCn1ccc(-c2ccsc2)n1. The molecule has 0 spiro atoms. The van der Waals surface area contributed by atoms with Crippen LogP contribution in [0.3, 0.4) is 0 Å². The molecule has 0 saturated heterocycles. The minimum atomic E-state index is 0.111. The average molecular weight is 277 g/mol. The van der Waals surface area contributed by atoms with Gasteiger partial charge in [-0.05, 0) is 23.4 Å². The van der Waals surface area contributed by atoms with Gasteiger partial charge < -0.3 is 5.32 Å². The van der Waals surface area contributed by atoms with Crippen molar-refractivity contribution in [3.05, 3.63) is 29.1 Å². The maximum atomic E-state index is 11.5. The molecule has 0 aliphatic rings. The molecule has 0 aliphatic carbocycles. The van der Waals surface area contributed by atoms with Crippen LogP contribution in [0.25, 0.3) is 11.3 Å². The standard InChI is InChI=1S/C14H19N3OS/c1-11(2)9-14(18)15-5-7-17-6-3-13(16-17)12-4-8-19-10-12/h3-4,6,8,10-11H,5,7,9H2,1-2H3,(H,15,18). The molecule has 0 radical (unpaired) electrons. The van der Waals surface area contributed by atoms with Gasteiger partial charge in [-0.15, -0.1) is 0 Å². The first-order valence-electron chi connectivity index (χ1n) is 6.48. The van der Waals surface area contributed by atoms with Crippen molar-refractivity contribution in [1.82, 2.24) is 15.1 Å². The van der Waals surface area contributed by atoms with Gasteiger partial charge in [0.1, 0.15) is 0 Å². The molecule has 0 unspecified atom stereocenters. The molecule has 2 rings (SSSR count). The summed E-state index contributed by atoms with van der Waals surface area (Å²) in [7, 11) is 0. The van der Waals surface area contributed by atoms with Crippen molar-refractivity contribution in [1.29, 1.82) is 0 Å². The smallest absolute Gasteiger partial charge is 0.220 e. The fraction of sp³-hybridized carbons (Fsp3) is 0.429. The van der Waals surface area contributed by atoms with E-state index in [0.717, 1.165) is 11.3 Å². The minimum absolute atomic E-state index is 0.111. The first-order chi connectivity index (χ1) is 9.15. The van der Waals surface area contributed by atoms with E-state index in [1.165, 1.54) is 0 Å². The van der Waals surface area contributed by atoms with Gasteiger partial charge in [-0.3, -0.25) is 9.48 Å². The lowest BCUT2D eigenvalue weighted by molar-refractivity contribution is -0.121. The zero-order chi connectivity index (χ0) is 13.7. The van der Waals surface area contributed by atoms with E-state index in [0.29, 0.717) is 25.4 Å². The molecule has 0 fully saturated rings. The fourth-order valence-corrected chi connectivity index (χ4v) is 2.45. The summed E-state index contributed by atoms with van der Waals surface area (Å²) in [5.74, 6) is 0.509. The predicted octanol–water partition coefficient (Wildman–Crippen LogP) is 2.77. The maximum Gasteiger partial charge on any atom is 0.220 e. The molecule has 0 atom stereocenters. The molecule has 0 aromatic carbocycles. The fourth-order valence-electron chi connectivity index (χ4n) is 1.80. The second kappa shape index (κ2) is 6.52. The Morgan fingerprint density at radius 1 is 1.47 bits per heavy atom. The molecule has 2 aromatic rings. The Balaban J connectivity index is 1.79. The lowest BCUT2D eigenvalue weighted by Gasteiger charge is -2.07. The van der Waals surface area contributed by atoms with Gasteiger partial charge in [0, 0.05) is 30.1 Å². The summed E-state index contributed by atoms with van der Waals surface area (Å²) in [5.41, 5.74) is 2.13. The summed E-state index contributed by atoms with van der Waals surface area (Å²) in [6.07, 6.45) is 2.53. The molecule has 4 nitrogen and oxygen atoms in total. The van der Waals surface area contributed by atoms with Crippen LogP contribution in [0, 0.1) is 5.92 Å². The van der Waals surface area contributed by atoms with Gasteiger partial charge in [0.25, 0.3) is 0 Å². The van der Waals surface area contributed by atoms with Crippen LogP contribution in [-0.4, -0.2) is 22.2 Å². The van der Waals surface area contributed by atoms with Crippen LogP contribution < -0.4 is 5.32 Å². The summed E-state index contributed by atoms with van der Waals surface area (Å²) >= 11 is 1.66. The topological polar surface area (TPSA) is 46.9 Å². The summed E-state index contributed by atoms with van der Waals surface area (Å²) in [6.45, 7) is 5.41. The zero-order valence-corrected chi connectivity index (χ0v) is 12.1. The zero-order valence-electron chi connectivity index (χ0n) is 11.3. The highest BCUT2D eigenvalue weighted by atomic mass is 32.1. The quantitative estimate of drug-likeness (QED) is 0.882. The third kappa shape index (κ3) is 4.21. The van der Waals surface area contributed by atoms with E-state index in [1.807, 2.05) is 36.2 Å². The second-order valence-electron chi connectivity index (χ2n) is 4.92. The van der Waals surface area contributed by atoms with Crippen LogP contribution in [0.15, 0.2) is 29.1 Å². The van der Waals surface area contributed by atoms with Crippen LogP contribution in [0.5, 0.6) is 0 Å². The Morgan fingerprint density at radius 2 is 2.32 bits per heavy atom. The first-order valence-corrected chi connectivity index (χ1v) is 7.42. The highest BCUT2D eigenvalue weighted by Crippen LogP contribution is 2.19. The van der Waals surface area contributed by atoms with E-state index in [9.17, 15) is 4.79 Å². The largest absolute Gasteiger partial charge is 0.354 e. The molecule has 1 amide bonds. The number of nitrogens with one attached hydrogen (secondary N) is 1. The molecular formula is C14H19N3OS. The van der Waals surface area contributed by atoms with E-state index in [1.54, 1.807) is 11.3 Å². The van der Waals surface area contributed by atoms with Gasteiger partial charge in [0.15, 0.2) is 0 Å². The van der Waals surface area contributed by atoms with Gasteiger partial charge in [0.2, 0.25) is 5.91 Å². The van der Waals surface area contributed by atoms with Crippen LogP contribution >= 0.6 is 11.3 Å². The molecule has 0 bridgehead atoms. The Bertz CT molecular complexity index is 517. The van der Waals surface area contributed by atoms with Gasteiger partial charge in [-0.25, -0.2) is 0 Å². The Labute approximate surface area is 117 Å². The van der Waals surface area contributed by atoms with Crippen molar-refractivity contribution in [2.24, 2.45) is 5.92 Å². The van der Waals surface area contributed by atoms with Crippen LogP contribution in [0.4, 0.5) is 0 Å². The minimum Gasteiger partial charge on any atom is -0.354 e. The van der Waals surface area contributed by atoms with Gasteiger partial charge in [-0.1, -0.05) is 13.8 Å². The van der Waals surface area contributed by atoms with Crippen molar-refractivity contribution in [3.8, 4) is 11.3 Å². The monoisotopic (exact) mass is 277 g/mol. The summed E-state index contributed by atoms with van der Waals surface area (Å²) in [5, 5.41) is 11.5. The first kappa shape index (κ1) is 13.8. The van der Waals surface area contributed by atoms with Crippen LogP contribution in [0.2, 0.25) is 0 Å². The van der Waals surface area contributed by atoms with Crippen LogP contribution in [0.1, 0.15) is 20.3 Å². The maximum absolute atomic E-state index is 11.5. The average Bonchev–Trinajstić information content (AvgIpc) is 2.97. The third-order valence-electron chi connectivity index (χ3n) is 2.71. The van der Waals surface area contributed by atoms with Gasteiger partial charge in [0.05, 0.1) is 12.2 Å². The molecular weight excluding hydrogens is 258 g/mol. The molecule has 2 aromatic heterocycles. The highest BCUT2D eigenvalue weighted by molar-refractivity contribution is 7.08. The van der Waals surface area contributed by atoms with Crippen molar-refractivity contribution in [3.63, 3.8) is 0 Å². The Hall–Kier alpha value is -1.62. The lowest BCUT2D eigenvalue weighted by atomic mass is 10.1. The Kier molecular flexibility index (Phi) is 4.74. The predicted molar refractivity (Wildman–Crippen MR) is 78.0 cm³/mol. The van der Waals surface area contributed by atoms with E-state index < -0.39 is 0 Å². The molecule has 5 heteroatoms. The number of thiophene rings is 1. The van der Waals surface area contributed by atoms with Crippen molar-refractivity contribution in [2.45, 2.75) is 26.8 Å². The van der Waals surface area contributed by atoms with E-state index in [2.05, 4.69) is 21.9 Å². The molecule has 0 saturated carbocycles. The number of amides is 1. The highest BCUT2D eigenvalue weighted by Gasteiger charge is 2.05. The van der Waals surface area contributed by atoms with Crippen molar-refractivity contribution in [2.75, 3.05) is 6.54 Å². The van der Waals surface area contributed by atoms with E-state index >= 15 is 0 Å². The number of hydrogen-bond donors (Lipinski definition) is 1. The summed E-state index contributed by atoms with van der Waals surface area (Å²) in [4.78, 5) is 11.5. The number of aromatic nitrogens is 2. The molecule has 102 valence electrons. The van der Waals surface area contributed by atoms with Crippen molar-refractivity contribution >= 4 is 17.2 Å². The molecule has 2 heterocycles. The van der Waals surface area contributed by atoms with Crippen LogP contribution in [-0.2, 0) is 11.3 Å². The Morgan fingerprint density at radius 3 is 3.00 bits per heavy atom. The number of rotatable bonds is 6. The molecule has 0 aliphatic heterocycles. The van der Waals surface area contributed by atoms with Gasteiger partial charge in [-0.2, -0.15) is 16.4 Å². The molecule has 19 heavy (non-hydrogen) atoms. The summed E-state index contributed by atoms with van der Waals surface area (Å²) < 4.78 is 1.86. The number of carbonyl (C=O) groups is 1. The van der Waals surface area contributed by atoms with Gasteiger partial charge >= 0.3 is 0 Å². The van der Waals surface area contributed by atoms with E-state index in [-0.39, 0.29) is 5.91 Å². The third-order valence-corrected chi connectivity index (χ3v) is 3.40. The van der Waals surface area contributed by atoms with Crippen molar-refractivity contribution < 1.29 is 4.79 Å². The summed E-state index contributed by atoms with van der Waals surface area (Å²) in [6, 6.07) is 4.06. The lowest BCUT2D eigenvalue weighted by Crippen LogP contribution is -2.28. The van der Waals surface area contributed by atoms with E-state index in [4.69, 9.17) is 0 Å². The normalized spacial score (nSPS) is 10.9. The number of nitrogens with zero attached hydrogens (tertiary/aromatic N) is 2. The number of carbonyl (C=O) groups excluding carboxylic acids is 1. The molecule has 1 N–H and O–H groups in total.